The number of nitrogens with zero attached hydrogens (tertiary/aromatic N) is 2. The predicted molar refractivity (Wildman–Crippen MR) is 110 cm³/mol. The van der Waals surface area contributed by atoms with Crippen molar-refractivity contribution in [1.29, 1.82) is 0 Å². The second-order valence-corrected chi connectivity index (χ2v) is 10.8. The van der Waals surface area contributed by atoms with E-state index in [9.17, 15) is 0 Å². The molecule has 114 valence electrons. The maximum absolute atomic E-state index is 4.65. The lowest BCUT2D eigenvalue weighted by Gasteiger charge is -2.23. The number of hydrogen-bond acceptors (Lipinski definition) is 8. The normalized spacial score (nSPS) is 22.8. The molecule has 2 heterocycles. The third-order valence-corrected chi connectivity index (χ3v) is 11.0. The smallest absolute Gasteiger partial charge is 0.146 e. The molecule has 2 aliphatic rings. The van der Waals surface area contributed by atoms with Gasteiger partial charge in [-0.2, -0.15) is 0 Å². The van der Waals surface area contributed by atoms with Crippen molar-refractivity contribution >= 4 is 82.1 Å². The van der Waals surface area contributed by atoms with Crippen molar-refractivity contribution in [3.05, 3.63) is 48.5 Å². The zero-order valence-corrected chi connectivity index (χ0v) is 16.3. The molecule has 2 aromatic carbocycles. The van der Waals surface area contributed by atoms with Gasteiger partial charge in [0.05, 0.1) is 11.4 Å². The molecular weight excluding hydrogens is 389 g/mol. The number of fused-ring (bicyclic) bond motifs is 2. The van der Waals surface area contributed by atoms with E-state index < -0.39 is 0 Å². The number of thiol groups is 2. The van der Waals surface area contributed by atoms with Gasteiger partial charge in [-0.3, -0.25) is 8.61 Å². The standard InChI is InChI=1S/C14H12N2S6/c17-15-9-5-1-3-7-11(9)19-13(15)21-22-14-16(18)10-6-2-4-8-12(10)20-14/h1-8,13-14,17-18H. The van der Waals surface area contributed by atoms with E-state index in [1.165, 1.54) is 21.2 Å². The van der Waals surface area contributed by atoms with Crippen LogP contribution in [0.25, 0.3) is 0 Å². The van der Waals surface area contributed by atoms with E-state index in [0.29, 0.717) is 0 Å². The largest absolute Gasteiger partial charge is 0.294 e. The summed E-state index contributed by atoms with van der Waals surface area (Å²) < 4.78 is 4.65. The van der Waals surface area contributed by atoms with Gasteiger partial charge in [0.15, 0.2) is 0 Å². The van der Waals surface area contributed by atoms with Crippen LogP contribution in [0.15, 0.2) is 58.3 Å². The Morgan fingerprint density at radius 2 is 1.14 bits per heavy atom. The minimum Gasteiger partial charge on any atom is -0.294 e. The van der Waals surface area contributed by atoms with Crippen LogP contribution in [-0.4, -0.2) is 9.41 Å². The number of anilines is 2. The topological polar surface area (TPSA) is 6.48 Å². The number of benzene rings is 2. The average molecular weight is 401 g/mol. The summed E-state index contributed by atoms with van der Waals surface area (Å²) >= 11 is 13.0. The molecule has 2 aliphatic heterocycles. The van der Waals surface area contributed by atoms with Crippen LogP contribution in [0.1, 0.15) is 0 Å². The van der Waals surface area contributed by atoms with Gasteiger partial charge in [0, 0.05) is 9.79 Å². The van der Waals surface area contributed by atoms with Gasteiger partial charge in [-0.15, -0.1) is 0 Å². The van der Waals surface area contributed by atoms with E-state index >= 15 is 0 Å². The predicted octanol–water partition coefficient (Wildman–Crippen LogP) is 5.85. The molecule has 2 nitrogen and oxygen atoms in total. The molecule has 0 fully saturated rings. The van der Waals surface area contributed by atoms with Gasteiger partial charge >= 0.3 is 0 Å². The first-order valence-electron chi connectivity index (χ1n) is 6.54. The molecule has 2 aromatic rings. The summed E-state index contributed by atoms with van der Waals surface area (Å²) in [6.07, 6.45) is 0. The molecule has 0 aliphatic carbocycles. The number of rotatable bonds is 3. The zero-order valence-electron chi connectivity index (χ0n) is 11.2. The quantitative estimate of drug-likeness (QED) is 0.489. The van der Waals surface area contributed by atoms with Crippen LogP contribution in [0.3, 0.4) is 0 Å². The first kappa shape index (κ1) is 15.7. The molecular formula is C14H12N2S6. The number of thioether (sulfide) groups is 2. The van der Waals surface area contributed by atoms with E-state index in [-0.39, 0.29) is 9.41 Å². The summed E-state index contributed by atoms with van der Waals surface area (Å²) in [7, 11) is 3.68. The van der Waals surface area contributed by atoms with Crippen LogP contribution < -0.4 is 8.61 Å². The van der Waals surface area contributed by atoms with E-state index in [0.717, 1.165) is 0 Å². The van der Waals surface area contributed by atoms with Gasteiger partial charge in [0.2, 0.25) is 0 Å². The molecule has 4 rings (SSSR count). The molecule has 0 bridgehead atoms. The van der Waals surface area contributed by atoms with Crippen molar-refractivity contribution in [2.24, 2.45) is 0 Å². The summed E-state index contributed by atoms with van der Waals surface area (Å²) in [5, 5.41) is 0. The second kappa shape index (κ2) is 6.57. The van der Waals surface area contributed by atoms with Crippen LogP contribution in [0, 0.1) is 0 Å². The Morgan fingerprint density at radius 3 is 1.55 bits per heavy atom. The van der Waals surface area contributed by atoms with Gasteiger partial charge < -0.3 is 0 Å². The zero-order chi connectivity index (χ0) is 15.1. The highest BCUT2D eigenvalue weighted by molar-refractivity contribution is 8.80. The Morgan fingerprint density at radius 1 is 0.727 bits per heavy atom. The van der Waals surface area contributed by atoms with Crippen LogP contribution in [0.4, 0.5) is 11.4 Å². The monoisotopic (exact) mass is 400 g/mol. The molecule has 0 N–H and O–H groups in total. The van der Waals surface area contributed by atoms with Crippen molar-refractivity contribution in [2.75, 3.05) is 8.61 Å². The van der Waals surface area contributed by atoms with Gasteiger partial charge in [0.25, 0.3) is 0 Å². The first-order valence-corrected chi connectivity index (χ1v) is 11.4. The van der Waals surface area contributed by atoms with Crippen LogP contribution in [0.5, 0.6) is 0 Å². The molecule has 0 amide bonds. The number of hydrogen-bond donors (Lipinski definition) is 2. The van der Waals surface area contributed by atoms with Crippen LogP contribution in [0.2, 0.25) is 0 Å². The van der Waals surface area contributed by atoms with Crippen molar-refractivity contribution in [2.45, 2.75) is 19.2 Å². The fraction of sp³-hybridized carbons (Fsp3) is 0.143. The van der Waals surface area contributed by atoms with E-state index in [1.807, 2.05) is 53.7 Å². The van der Waals surface area contributed by atoms with Crippen molar-refractivity contribution in [1.82, 2.24) is 0 Å². The third kappa shape index (κ3) is 2.82. The van der Waals surface area contributed by atoms with Crippen molar-refractivity contribution in [3.8, 4) is 0 Å². The summed E-state index contributed by atoms with van der Waals surface area (Å²) in [6, 6.07) is 16.8. The fourth-order valence-electron chi connectivity index (χ4n) is 2.25. The lowest BCUT2D eigenvalue weighted by atomic mass is 10.3. The average Bonchev–Trinajstić information content (AvgIpc) is 3.04. The maximum atomic E-state index is 4.65. The summed E-state index contributed by atoms with van der Waals surface area (Å²) in [4.78, 5) is 2.58. The van der Waals surface area contributed by atoms with Gasteiger partial charge in [0.1, 0.15) is 9.41 Å². The van der Waals surface area contributed by atoms with Crippen LogP contribution in [-0.2, 0) is 0 Å². The highest BCUT2D eigenvalue weighted by Crippen LogP contribution is 2.56. The van der Waals surface area contributed by atoms with E-state index in [4.69, 9.17) is 0 Å². The number of para-hydroxylation sites is 2. The summed E-state index contributed by atoms with van der Waals surface area (Å²) in [5.41, 5.74) is 2.39. The second-order valence-electron chi connectivity index (χ2n) is 4.67. The van der Waals surface area contributed by atoms with Gasteiger partial charge in [-0.25, -0.2) is 0 Å². The lowest BCUT2D eigenvalue weighted by Crippen LogP contribution is -2.17. The van der Waals surface area contributed by atoms with Gasteiger partial charge in [-0.1, -0.05) is 95.0 Å². The van der Waals surface area contributed by atoms with E-state index in [1.54, 1.807) is 0 Å². The van der Waals surface area contributed by atoms with Crippen molar-refractivity contribution in [3.63, 3.8) is 0 Å². The maximum Gasteiger partial charge on any atom is 0.146 e. The molecule has 2 unspecified atom stereocenters. The first-order chi connectivity index (χ1) is 10.7. The Kier molecular flexibility index (Phi) is 4.67. The van der Waals surface area contributed by atoms with Crippen molar-refractivity contribution < 1.29 is 0 Å². The third-order valence-electron chi connectivity index (χ3n) is 3.30. The molecule has 0 saturated heterocycles. The highest BCUT2D eigenvalue weighted by Gasteiger charge is 2.33. The van der Waals surface area contributed by atoms with Crippen LogP contribution >= 0.6 is 70.7 Å². The molecule has 0 saturated carbocycles. The Balaban J connectivity index is 1.41. The molecule has 2 atom stereocenters. The Hall–Kier alpha value is 0.140. The minimum absolute atomic E-state index is 0.275. The molecule has 0 aromatic heterocycles. The molecule has 8 heteroatoms. The fourth-order valence-corrected chi connectivity index (χ4v) is 9.56. The molecule has 0 spiro atoms. The highest BCUT2D eigenvalue weighted by atomic mass is 33.1. The van der Waals surface area contributed by atoms with Gasteiger partial charge in [-0.05, 0) is 24.3 Å². The molecule has 0 radical (unpaired) electrons. The SMILES string of the molecule is SN1c2ccccc2SC1SSC1Sc2ccccc2N1S. The Bertz CT molecular complexity index is 637. The van der Waals surface area contributed by atoms with E-state index in [2.05, 4.69) is 74.2 Å². The summed E-state index contributed by atoms with van der Waals surface area (Å²) in [6.45, 7) is 0. The minimum atomic E-state index is 0.275. The lowest BCUT2D eigenvalue weighted by molar-refractivity contribution is 1.27. The molecule has 22 heavy (non-hydrogen) atoms. The Labute approximate surface area is 157 Å². The summed E-state index contributed by atoms with van der Waals surface area (Å²) in [5.74, 6) is 0.